The number of hydrogen-bond acceptors (Lipinski definition) is 0. The van der Waals surface area contributed by atoms with Gasteiger partial charge < -0.3 is 7.84 Å². The molecule has 0 saturated carbocycles. The fraction of sp³-hybridized carbons (Fsp3) is 0. The number of aromatic nitrogens is 1. The smallest absolute Gasteiger partial charge is 1.00 e. The molecule has 0 spiro atoms. The Morgan fingerprint density at radius 3 is 2.73 bits per heavy atom. The maximum absolute atomic E-state index is 3.25. The van der Waals surface area contributed by atoms with Gasteiger partial charge in [-0.15, -0.1) is 0 Å². The number of H-pyrrole nitrogens is 1. The van der Waals surface area contributed by atoms with Crippen LogP contribution in [0, 0.1) is 3.70 Å². The zero-order valence-electron chi connectivity index (χ0n) is 7.97. The van der Waals surface area contributed by atoms with Crippen molar-refractivity contribution in [3.8, 4) is 0 Å². The molecule has 0 amide bonds. The van der Waals surface area contributed by atoms with Gasteiger partial charge >= 0.3 is 23.1 Å². The van der Waals surface area contributed by atoms with E-state index in [1.54, 1.807) is 0 Å². The fourth-order valence-corrected chi connectivity index (χ4v) is 1.66. The van der Waals surface area contributed by atoms with E-state index < -0.39 is 0 Å². The van der Waals surface area contributed by atoms with Gasteiger partial charge in [-0.1, -0.05) is 18.2 Å². The van der Waals surface area contributed by atoms with Gasteiger partial charge in [0.25, 0.3) is 0 Å². The standard InChI is InChI=1S/C8H6IN.Mg.2H/c9-8-5-6-3-1-2-4-7(6)10-8;;;/h1-5,10H;;;/q;+2;2*-1. The monoisotopic (exact) mass is 269 g/mol. The van der Waals surface area contributed by atoms with E-state index in [0.29, 0.717) is 0 Å². The number of benzene rings is 1. The van der Waals surface area contributed by atoms with Crippen molar-refractivity contribution >= 4 is 56.5 Å². The Labute approximate surface area is 97.8 Å². The van der Waals surface area contributed by atoms with Crippen molar-refractivity contribution in [1.82, 2.24) is 4.98 Å². The zero-order chi connectivity index (χ0) is 6.97. The van der Waals surface area contributed by atoms with Crippen LogP contribution in [0.15, 0.2) is 30.3 Å². The van der Waals surface area contributed by atoms with Crippen molar-refractivity contribution in [2.24, 2.45) is 0 Å². The number of hydrogen-bond donors (Lipinski definition) is 1. The summed E-state index contributed by atoms with van der Waals surface area (Å²) in [5.74, 6) is 0. The summed E-state index contributed by atoms with van der Waals surface area (Å²) in [5, 5.41) is 1.28. The maximum Gasteiger partial charge on any atom is 2.00 e. The molecule has 1 aromatic heterocycles. The van der Waals surface area contributed by atoms with Crippen molar-refractivity contribution in [2.45, 2.75) is 0 Å². The summed E-state index contributed by atoms with van der Waals surface area (Å²) < 4.78 is 1.19. The van der Waals surface area contributed by atoms with E-state index in [0.717, 1.165) is 0 Å². The molecule has 0 unspecified atom stereocenters. The molecule has 0 fully saturated rings. The van der Waals surface area contributed by atoms with E-state index in [4.69, 9.17) is 0 Å². The van der Waals surface area contributed by atoms with Crippen molar-refractivity contribution in [3.63, 3.8) is 0 Å². The second-order valence-electron chi connectivity index (χ2n) is 2.20. The van der Waals surface area contributed by atoms with Crippen molar-refractivity contribution < 1.29 is 2.85 Å². The van der Waals surface area contributed by atoms with Crippen molar-refractivity contribution in [3.05, 3.63) is 34.0 Å². The topological polar surface area (TPSA) is 15.8 Å². The summed E-state index contributed by atoms with van der Waals surface area (Å²) in [4.78, 5) is 3.25. The van der Waals surface area contributed by atoms with Crippen LogP contribution in [0.5, 0.6) is 0 Å². The molecule has 1 aromatic carbocycles. The van der Waals surface area contributed by atoms with Crippen LogP contribution >= 0.6 is 22.6 Å². The molecule has 0 saturated heterocycles. The predicted molar refractivity (Wildman–Crippen MR) is 59.0 cm³/mol. The molecule has 1 N–H and O–H groups in total. The molecule has 0 aliphatic rings. The largest absolute Gasteiger partial charge is 2.00 e. The number of nitrogens with one attached hydrogen (secondary N) is 1. The summed E-state index contributed by atoms with van der Waals surface area (Å²) in [6.45, 7) is 0. The summed E-state index contributed by atoms with van der Waals surface area (Å²) in [7, 11) is 0. The molecular formula is C8H8IMgN. The molecule has 1 nitrogen and oxygen atoms in total. The second-order valence-corrected chi connectivity index (χ2v) is 3.37. The molecule has 0 bridgehead atoms. The van der Waals surface area contributed by atoms with Crippen LogP contribution in [0.3, 0.4) is 0 Å². The van der Waals surface area contributed by atoms with Gasteiger partial charge in [0.1, 0.15) is 0 Å². The van der Waals surface area contributed by atoms with E-state index in [1.165, 1.54) is 14.6 Å². The van der Waals surface area contributed by atoms with Crippen LogP contribution < -0.4 is 0 Å². The molecule has 0 atom stereocenters. The summed E-state index contributed by atoms with van der Waals surface area (Å²) >= 11 is 2.28. The number of rotatable bonds is 0. The second kappa shape index (κ2) is 3.78. The maximum atomic E-state index is 3.25. The third kappa shape index (κ3) is 1.89. The Hall–Kier alpha value is 0.256. The van der Waals surface area contributed by atoms with Crippen LogP contribution in [-0.2, 0) is 0 Å². The number of para-hydroxylation sites is 1. The fourth-order valence-electron chi connectivity index (χ4n) is 1.04. The number of fused-ring (bicyclic) bond motifs is 1. The van der Waals surface area contributed by atoms with Gasteiger partial charge in [-0.25, -0.2) is 0 Å². The molecule has 54 valence electrons. The average molecular weight is 269 g/mol. The third-order valence-electron chi connectivity index (χ3n) is 1.50. The van der Waals surface area contributed by atoms with Crippen LogP contribution in [0.4, 0.5) is 0 Å². The summed E-state index contributed by atoms with van der Waals surface area (Å²) in [5.41, 5.74) is 1.21. The minimum Gasteiger partial charge on any atom is -1.00 e. The van der Waals surface area contributed by atoms with Crippen molar-refractivity contribution in [1.29, 1.82) is 0 Å². The van der Waals surface area contributed by atoms with Gasteiger partial charge in [0.05, 0.1) is 3.70 Å². The molecule has 0 radical (unpaired) electrons. The Morgan fingerprint density at radius 1 is 1.27 bits per heavy atom. The number of aromatic amines is 1. The van der Waals surface area contributed by atoms with Crippen molar-refractivity contribution in [2.75, 3.05) is 0 Å². The first-order chi connectivity index (χ1) is 4.86. The van der Waals surface area contributed by atoms with E-state index in [-0.39, 0.29) is 25.9 Å². The van der Waals surface area contributed by atoms with Crippen LogP contribution in [0.2, 0.25) is 0 Å². The molecule has 0 aliphatic carbocycles. The quantitative estimate of drug-likeness (QED) is 0.559. The predicted octanol–water partition coefficient (Wildman–Crippen LogP) is 2.62. The van der Waals surface area contributed by atoms with Gasteiger partial charge in [0.2, 0.25) is 0 Å². The minimum atomic E-state index is 0. The van der Waals surface area contributed by atoms with E-state index in [9.17, 15) is 0 Å². The molecule has 1 heterocycles. The van der Waals surface area contributed by atoms with E-state index in [1.807, 2.05) is 12.1 Å². The Balaban J connectivity index is 0. The molecule has 3 heteroatoms. The zero-order valence-corrected chi connectivity index (χ0v) is 9.54. The molecule has 2 aromatic rings. The van der Waals surface area contributed by atoms with Crippen LogP contribution in [0.25, 0.3) is 10.9 Å². The SMILES string of the molecule is Ic1cc2ccccc2[nH]1.[H-].[H-].[Mg+2]. The summed E-state index contributed by atoms with van der Waals surface area (Å²) in [6, 6.07) is 10.4. The normalized spacial score (nSPS) is 9.55. The van der Waals surface area contributed by atoms with Crippen LogP contribution in [0.1, 0.15) is 2.85 Å². The van der Waals surface area contributed by atoms with Gasteiger partial charge in [-0.05, 0) is 34.7 Å². The average Bonchev–Trinajstić information content (AvgIpc) is 2.27. The first kappa shape index (κ1) is 9.35. The van der Waals surface area contributed by atoms with E-state index in [2.05, 4.69) is 45.8 Å². The molecule has 0 aliphatic heterocycles. The van der Waals surface area contributed by atoms with Gasteiger partial charge in [0.15, 0.2) is 0 Å². The first-order valence-electron chi connectivity index (χ1n) is 3.09. The Bertz CT molecular complexity index is 331. The minimum absolute atomic E-state index is 0. The Morgan fingerprint density at radius 2 is 2.00 bits per heavy atom. The van der Waals surface area contributed by atoms with E-state index >= 15 is 0 Å². The van der Waals surface area contributed by atoms with Gasteiger partial charge in [0, 0.05) is 10.9 Å². The molecular weight excluding hydrogens is 261 g/mol. The summed E-state index contributed by atoms with van der Waals surface area (Å²) in [6.07, 6.45) is 0. The molecule has 2 rings (SSSR count). The molecule has 11 heavy (non-hydrogen) atoms. The Kier molecular flexibility index (Phi) is 3.21. The van der Waals surface area contributed by atoms with Crippen LogP contribution in [-0.4, -0.2) is 28.0 Å². The van der Waals surface area contributed by atoms with Gasteiger partial charge in [-0.3, -0.25) is 0 Å². The van der Waals surface area contributed by atoms with Gasteiger partial charge in [-0.2, -0.15) is 0 Å². The third-order valence-corrected chi connectivity index (χ3v) is 2.08. The number of halogens is 1. The first-order valence-corrected chi connectivity index (χ1v) is 4.17.